The molecule has 2 rings (SSSR count). The predicted molar refractivity (Wildman–Crippen MR) is 91.1 cm³/mol. The lowest BCUT2D eigenvalue weighted by molar-refractivity contribution is -0.117. The Morgan fingerprint density at radius 1 is 1.22 bits per heavy atom. The molecule has 5 heteroatoms. The number of aliphatic hydroxyl groups excluding tert-OH is 1. The number of anilines is 1. The number of rotatable bonds is 7. The van der Waals surface area contributed by atoms with E-state index in [4.69, 9.17) is 0 Å². The fourth-order valence-corrected chi connectivity index (χ4v) is 2.50. The third-order valence-corrected chi connectivity index (χ3v) is 3.66. The van der Waals surface area contributed by atoms with Gasteiger partial charge in [-0.05, 0) is 36.6 Å². The van der Waals surface area contributed by atoms with Gasteiger partial charge in [-0.2, -0.15) is 0 Å². The topological polar surface area (TPSA) is 65.5 Å². The fourth-order valence-electron chi connectivity index (χ4n) is 2.50. The average molecular weight is 313 g/mol. The fraction of sp³-hybridized carbons (Fsp3) is 0.333. The second-order valence-corrected chi connectivity index (χ2v) is 5.61. The summed E-state index contributed by atoms with van der Waals surface area (Å²) in [6.07, 6.45) is 3.49. The minimum absolute atomic E-state index is 0.0108. The highest BCUT2D eigenvalue weighted by Gasteiger charge is 2.13. The van der Waals surface area contributed by atoms with E-state index in [1.807, 2.05) is 49.1 Å². The van der Waals surface area contributed by atoms with Crippen molar-refractivity contribution in [3.63, 3.8) is 0 Å². The van der Waals surface area contributed by atoms with Gasteiger partial charge in [0.2, 0.25) is 5.91 Å². The first-order chi connectivity index (χ1) is 11.1. The summed E-state index contributed by atoms with van der Waals surface area (Å²) < 4.78 is 0. The van der Waals surface area contributed by atoms with Crippen molar-refractivity contribution < 1.29 is 9.90 Å². The van der Waals surface area contributed by atoms with Gasteiger partial charge in [-0.25, -0.2) is 0 Å². The van der Waals surface area contributed by atoms with Crippen molar-refractivity contribution in [2.45, 2.75) is 20.4 Å². The van der Waals surface area contributed by atoms with E-state index in [1.54, 1.807) is 12.4 Å². The number of nitrogens with zero attached hydrogens (tertiary/aromatic N) is 2. The zero-order valence-corrected chi connectivity index (χ0v) is 13.6. The van der Waals surface area contributed by atoms with Gasteiger partial charge in [-0.1, -0.05) is 24.3 Å². The minimum atomic E-state index is -0.0836. The number of aryl methyl sites for hydroxylation is 2. The molecule has 1 aromatic heterocycles. The first kappa shape index (κ1) is 17.1. The number of benzene rings is 1. The van der Waals surface area contributed by atoms with Crippen LogP contribution in [0, 0.1) is 13.8 Å². The van der Waals surface area contributed by atoms with Crippen LogP contribution in [-0.4, -0.2) is 40.6 Å². The van der Waals surface area contributed by atoms with Gasteiger partial charge in [0.15, 0.2) is 0 Å². The Hall–Kier alpha value is -2.24. The monoisotopic (exact) mass is 313 g/mol. The first-order valence-corrected chi connectivity index (χ1v) is 7.68. The quantitative estimate of drug-likeness (QED) is 0.822. The molecule has 0 aliphatic heterocycles. The van der Waals surface area contributed by atoms with E-state index < -0.39 is 0 Å². The van der Waals surface area contributed by atoms with Crippen LogP contribution in [0.4, 0.5) is 5.69 Å². The normalized spacial score (nSPS) is 10.8. The summed E-state index contributed by atoms with van der Waals surface area (Å²) >= 11 is 0. The maximum Gasteiger partial charge on any atom is 0.238 e. The number of amides is 1. The molecule has 0 unspecified atom stereocenters. The summed E-state index contributed by atoms with van der Waals surface area (Å²) in [5.41, 5.74) is 3.96. The molecule has 2 N–H and O–H groups in total. The molecule has 0 saturated carbocycles. The molecule has 0 spiro atoms. The largest absolute Gasteiger partial charge is 0.395 e. The molecule has 1 heterocycles. The van der Waals surface area contributed by atoms with Crippen molar-refractivity contribution in [1.29, 1.82) is 0 Å². The number of aliphatic hydroxyl groups is 1. The van der Waals surface area contributed by atoms with E-state index in [0.29, 0.717) is 13.1 Å². The maximum absolute atomic E-state index is 12.3. The van der Waals surface area contributed by atoms with Crippen molar-refractivity contribution in [3.8, 4) is 0 Å². The van der Waals surface area contributed by atoms with Crippen LogP contribution < -0.4 is 5.32 Å². The SMILES string of the molecule is Cc1cccc(C)c1NC(=O)CN(CCO)Cc1cccnc1. The Labute approximate surface area is 137 Å². The third kappa shape index (κ3) is 5.16. The van der Waals surface area contributed by atoms with Gasteiger partial charge in [0.25, 0.3) is 0 Å². The summed E-state index contributed by atoms with van der Waals surface area (Å²) in [5, 5.41) is 12.2. The molecule has 0 saturated heterocycles. The summed E-state index contributed by atoms with van der Waals surface area (Å²) in [5.74, 6) is -0.0836. The molecule has 5 nitrogen and oxygen atoms in total. The lowest BCUT2D eigenvalue weighted by Gasteiger charge is -2.21. The summed E-state index contributed by atoms with van der Waals surface area (Å²) in [7, 11) is 0. The molecular formula is C18H23N3O2. The number of nitrogens with one attached hydrogen (secondary N) is 1. The molecule has 1 amide bonds. The van der Waals surface area contributed by atoms with Crippen LogP contribution in [0.3, 0.4) is 0 Å². The predicted octanol–water partition coefficient (Wildman–Crippen LogP) is 2.13. The minimum Gasteiger partial charge on any atom is -0.395 e. The van der Waals surface area contributed by atoms with Crippen LogP contribution in [-0.2, 0) is 11.3 Å². The van der Waals surface area contributed by atoms with Crippen molar-refractivity contribution >= 4 is 11.6 Å². The van der Waals surface area contributed by atoms with E-state index in [-0.39, 0.29) is 19.1 Å². The van der Waals surface area contributed by atoms with E-state index in [9.17, 15) is 9.90 Å². The van der Waals surface area contributed by atoms with Gasteiger partial charge < -0.3 is 10.4 Å². The summed E-state index contributed by atoms with van der Waals surface area (Å²) in [4.78, 5) is 18.3. The number of hydrogen-bond donors (Lipinski definition) is 2. The average Bonchev–Trinajstić information content (AvgIpc) is 2.52. The van der Waals surface area contributed by atoms with Crippen LogP contribution in [0.15, 0.2) is 42.7 Å². The Bertz CT molecular complexity index is 624. The number of para-hydroxylation sites is 1. The Balaban J connectivity index is 2.00. The van der Waals surface area contributed by atoms with Crippen LogP contribution >= 0.6 is 0 Å². The second-order valence-electron chi connectivity index (χ2n) is 5.61. The van der Waals surface area contributed by atoms with Gasteiger partial charge in [0.05, 0.1) is 13.2 Å². The Morgan fingerprint density at radius 2 is 1.96 bits per heavy atom. The Kier molecular flexibility index (Phi) is 6.26. The standard InChI is InChI=1S/C18H23N3O2/c1-14-5-3-6-15(2)18(14)20-17(23)13-21(9-10-22)12-16-7-4-8-19-11-16/h3-8,11,22H,9-10,12-13H2,1-2H3,(H,20,23). The van der Waals surface area contributed by atoms with E-state index in [1.165, 1.54) is 0 Å². The molecule has 0 fully saturated rings. The molecule has 0 aliphatic rings. The molecule has 2 aromatic rings. The second kappa shape index (κ2) is 8.41. The lowest BCUT2D eigenvalue weighted by atomic mass is 10.1. The van der Waals surface area contributed by atoms with Crippen molar-refractivity contribution in [2.75, 3.05) is 25.0 Å². The Morgan fingerprint density at radius 3 is 2.57 bits per heavy atom. The van der Waals surface area contributed by atoms with Crippen LogP contribution in [0.1, 0.15) is 16.7 Å². The maximum atomic E-state index is 12.3. The summed E-state index contributed by atoms with van der Waals surface area (Å²) in [6.45, 7) is 5.21. The van der Waals surface area contributed by atoms with Gasteiger partial charge in [0.1, 0.15) is 0 Å². The smallest absolute Gasteiger partial charge is 0.238 e. The van der Waals surface area contributed by atoms with Crippen LogP contribution in [0.5, 0.6) is 0 Å². The molecular weight excluding hydrogens is 290 g/mol. The van der Waals surface area contributed by atoms with Crippen LogP contribution in [0.25, 0.3) is 0 Å². The number of aromatic nitrogens is 1. The molecule has 1 aromatic carbocycles. The van der Waals surface area contributed by atoms with Gasteiger partial charge in [0, 0.05) is 31.2 Å². The van der Waals surface area contributed by atoms with Gasteiger partial charge >= 0.3 is 0 Å². The van der Waals surface area contributed by atoms with Crippen molar-refractivity contribution in [2.24, 2.45) is 0 Å². The van der Waals surface area contributed by atoms with Gasteiger partial charge in [-0.3, -0.25) is 14.7 Å². The van der Waals surface area contributed by atoms with E-state index in [2.05, 4.69) is 10.3 Å². The number of carbonyl (C=O) groups is 1. The van der Waals surface area contributed by atoms with Crippen LogP contribution in [0.2, 0.25) is 0 Å². The number of hydrogen-bond acceptors (Lipinski definition) is 4. The number of pyridine rings is 1. The van der Waals surface area contributed by atoms with E-state index >= 15 is 0 Å². The van der Waals surface area contributed by atoms with Gasteiger partial charge in [-0.15, -0.1) is 0 Å². The summed E-state index contributed by atoms with van der Waals surface area (Å²) in [6, 6.07) is 9.75. The van der Waals surface area contributed by atoms with E-state index in [0.717, 1.165) is 22.4 Å². The molecule has 122 valence electrons. The highest BCUT2D eigenvalue weighted by Crippen LogP contribution is 2.19. The van der Waals surface area contributed by atoms with Crippen molar-refractivity contribution in [3.05, 3.63) is 59.4 Å². The zero-order valence-electron chi connectivity index (χ0n) is 13.6. The molecule has 0 radical (unpaired) electrons. The first-order valence-electron chi connectivity index (χ1n) is 7.68. The molecule has 0 bridgehead atoms. The zero-order chi connectivity index (χ0) is 16.7. The lowest BCUT2D eigenvalue weighted by Crippen LogP contribution is -2.35. The number of carbonyl (C=O) groups excluding carboxylic acids is 1. The highest BCUT2D eigenvalue weighted by molar-refractivity contribution is 5.93. The highest BCUT2D eigenvalue weighted by atomic mass is 16.3. The molecule has 0 atom stereocenters. The van der Waals surface area contributed by atoms with Crippen molar-refractivity contribution in [1.82, 2.24) is 9.88 Å². The molecule has 23 heavy (non-hydrogen) atoms. The third-order valence-electron chi connectivity index (χ3n) is 3.66. The molecule has 0 aliphatic carbocycles.